The molecule has 13 heteroatoms. The number of thioether (sulfide) groups is 1. The van der Waals surface area contributed by atoms with E-state index in [1.807, 2.05) is 30.1 Å². The molecule has 6 heterocycles. The predicted octanol–water partition coefficient (Wildman–Crippen LogP) is 2.45. The van der Waals surface area contributed by atoms with Crippen LogP contribution in [0.15, 0.2) is 41.7 Å². The van der Waals surface area contributed by atoms with Crippen molar-refractivity contribution in [3.05, 3.63) is 48.0 Å². The highest BCUT2D eigenvalue weighted by atomic mass is 32.2. The monoisotopic (exact) mass is 545 g/mol. The van der Waals surface area contributed by atoms with Crippen LogP contribution in [0.25, 0.3) is 22.3 Å². The average Bonchev–Trinajstić information content (AvgIpc) is 3.76. The van der Waals surface area contributed by atoms with Crippen LogP contribution >= 0.6 is 11.8 Å². The van der Waals surface area contributed by atoms with Crippen molar-refractivity contribution in [3.8, 4) is 11.4 Å². The van der Waals surface area contributed by atoms with Gasteiger partial charge in [-0.2, -0.15) is 5.10 Å². The van der Waals surface area contributed by atoms with Crippen molar-refractivity contribution >= 4 is 40.3 Å². The number of rotatable bonds is 5. The van der Waals surface area contributed by atoms with Gasteiger partial charge < -0.3 is 14.5 Å². The van der Waals surface area contributed by atoms with Crippen molar-refractivity contribution in [1.82, 2.24) is 35.6 Å². The molecule has 4 aromatic rings. The number of fused-ring (bicyclic) bond motifs is 2. The van der Waals surface area contributed by atoms with Crippen molar-refractivity contribution in [2.45, 2.75) is 35.4 Å². The van der Waals surface area contributed by atoms with Crippen molar-refractivity contribution in [3.63, 3.8) is 0 Å². The topological polar surface area (TPSA) is 145 Å². The molecular weight excluding hydrogens is 518 g/mol. The van der Waals surface area contributed by atoms with E-state index in [-0.39, 0.29) is 16.9 Å². The third-order valence-corrected chi connectivity index (χ3v) is 9.04. The first-order chi connectivity index (χ1) is 19.2. The normalized spacial score (nSPS) is 20.9. The second-order valence-corrected chi connectivity index (χ2v) is 11.1. The minimum Gasteiger partial charge on any atom is -0.378 e. The molecule has 0 aliphatic carbocycles. The number of H-pyrrole nitrogens is 1. The molecule has 1 amide bonds. The van der Waals surface area contributed by atoms with Gasteiger partial charge in [-0.05, 0) is 18.9 Å². The molecule has 0 bridgehead atoms. The minimum absolute atomic E-state index is 0.213. The maximum absolute atomic E-state index is 11.7. The first-order valence-corrected chi connectivity index (χ1v) is 13.9. The van der Waals surface area contributed by atoms with Crippen molar-refractivity contribution < 1.29 is 14.7 Å². The fourth-order valence-corrected chi connectivity index (χ4v) is 7.22. The van der Waals surface area contributed by atoms with Crippen LogP contribution in [0.1, 0.15) is 28.9 Å². The Balaban J connectivity index is 1.22. The van der Waals surface area contributed by atoms with Gasteiger partial charge in [0.05, 0.1) is 41.1 Å². The summed E-state index contributed by atoms with van der Waals surface area (Å²) in [5, 5.41) is 17.4. The maximum Gasteiger partial charge on any atom is 0.277 e. The number of benzene rings is 1. The van der Waals surface area contributed by atoms with E-state index in [2.05, 4.69) is 36.0 Å². The largest absolute Gasteiger partial charge is 0.378 e. The molecule has 3 aliphatic rings. The number of nitrogens with one attached hydrogen (secondary N) is 2. The third-order valence-electron chi connectivity index (χ3n) is 7.61. The first kappa shape index (κ1) is 24.2. The highest BCUT2D eigenvalue weighted by Crippen LogP contribution is 2.47. The van der Waals surface area contributed by atoms with E-state index in [4.69, 9.17) is 19.9 Å². The molecule has 3 aromatic heterocycles. The van der Waals surface area contributed by atoms with Crippen LogP contribution in [0, 0.1) is 0 Å². The van der Waals surface area contributed by atoms with E-state index in [1.54, 1.807) is 5.48 Å². The zero-order chi connectivity index (χ0) is 26.3. The summed E-state index contributed by atoms with van der Waals surface area (Å²) in [4.78, 5) is 36.6. The molecule has 1 aromatic carbocycles. The Morgan fingerprint density at radius 2 is 1.97 bits per heavy atom. The molecule has 2 atom stereocenters. The lowest BCUT2D eigenvalue weighted by atomic mass is 10.1. The number of ether oxygens (including phenoxy) is 1. The molecule has 0 radical (unpaired) electrons. The first-order valence-electron chi connectivity index (χ1n) is 13.1. The molecule has 0 saturated carbocycles. The summed E-state index contributed by atoms with van der Waals surface area (Å²) in [7, 11) is 0. The van der Waals surface area contributed by atoms with Crippen LogP contribution in [-0.2, 0) is 11.2 Å². The Kier molecular flexibility index (Phi) is 6.25. The molecular formula is C26H27N9O3S. The van der Waals surface area contributed by atoms with Gasteiger partial charge in [-0.3, -0.25) is 15.1 Å². The third kappa shape index (κ3) is 4.36. The van der Waals surface area contributed by atoms with Crippen LogP contribution in [0.5, 0.6) is 0 Å². The number of carbonyl (C=O) groups excluding carboxylic acids is 1. The van der Waals surface area contributed by atoms with Gasteiger partial charge in [-0.25, -0.2) is 25.4 Å². The SMILES string of the molecule is O=C(NO)c1cnc(N2CCCC2C2Cc3nc(-c4cccc5[nH]ncc45)nc(N4CCOCC4)c3S2)nc1. The number of aromatic nitrogens is 6. The Morgan fingerprint density at radius 1 is 1.13 bits per heavy atom. The van der Waals surface area contributed by atoms with E-state index >= 15 is 0 Å². The van der Waals surface area contributed by atoms with E-state index in [9.17, 15) is 4.79 Å². The van der Waals surface area contributed by atoms with Gasteiger partial charge in [-0.1, -0.05) is 12.1 Å². The van der Waals surface area contributed by atoms with Gasteiger partial charge >= 0.3 is 0 Å². The molecule has 200 valence electrons. The van der Waals surface area contributed by atoms with Crippen molar-refractivity contribution in [2.24, 2.45) is 0 Å². The second-order valence-electron chi connectivity index (χ2n) is 9.86. The van der Waals surface area contributed by atoms with Gasteiger partial charge in [0.1, 0.15) is 5.82 Å². The number of aromatic amines is 1. The molecule has 2 saturated heterocycles. The molecule has 0 spiro atoms. The highest BCUT2D eigenvalue weighted by molar-refractivity contribution is 8.00. The van der Waals surface area contributed by atoms with E-state index in [0.717, 1.165) is 71.8 Å². The van der Waals surface area contributed by atoms with Crippen LogP contribution < -0.4 is 15.3 Å². The summed E-state index contributed by atoms with van der Waals surface area (Å²) in [6, 6.07) is 6.29. The number of anilines is 2. The van der Waals surface area contributed by atoms with Crippen LogP contribution in [0.2, 0.25) is 0 Å². The van der Waals surface area contributed by atoms with E-state index in [1.165, 1.54) is 12.4 Å². The Morgan fingerprint density at radius 3 is 2.79 bits per heavy atom. The molecule has 2 unspecified atom stereocenters. The highest BCUT2D eigenvalue weighted by Gasteiger charge is 2.40. The number of nitrogens with zero attached hydrogens (tertiary/aromatic N) is 7. The van der Waals surface area contributed by atoms with Gasteiger partial charge in [0.2, 0.25) is 5.95 Å². The number of hydrogen-bond acceptors (Lipinski definition) is 11. The number of hydrogen-bond donors (Lipinski definition) is 3. The van der Waals surface area contributed by atoms with Gasteiger partial charge in [0.25, 0.3) is 5.91 Å². The standard InChI is InChI=1S/C26H27N9O3S/c36-25(33-37)15-12-27-26(28-13-15)35-6-2-5-20(35)21-11-19-22(39-21)24(34-7-9-38-10-8-34)31-23(30-19)16-3-1-4-18-17(16)14-29-32-18/h1,3-4,12-14,20-21,37H,2,5-11H2,(H,29,32)(H,33,36). The lowest BCUT2D eigenvalue weighted by molar-refractivity contribution is 0.0705. The zero-order valence-electron chi connectivity index (χ0n) is 21.1. The van der Waals surface area contributed by atoms with Gasteiger partial charge in [-0.15, -0.1) is 11.8 Å². The fourth-order valence-electron chi connectivity index (χ4n) is 5.69. The summed E-state index contributed by atoms with van der Waals surface area (Å²) in [6.45, 7) is 3.79. The van der Waals surface area contributed by atoms with E-state index < -0.39 is 5.91 Å². The summed E-state index contributed by atoms with van der Waals surface area (Å²) in [5.41, 5.74) is 4.83. The van der Waals surface area contributed by atoms with Gasteiger partial charge in [0.15, 0.2) is 5.82 Å². The Hall–Kier alpha value is -3.81. The second kappa shape index (κ2) is 10.1. The lowest BCUT2D eigenvalue weighted by Crippen LogP contribution is -2.38. The van der Waals surface area contributed by atoms with Crippen LogP contribution in [-0.4, -0.2) is 85.4 Å². The maximum atomic E-state index is 11.7. The summed E-state index contributed by atoms with van der Waals surface area (Å²) in [5.74, 6) is 1.66. The molecule has 2 fully saturated rings. The smallest absolute Gasteiger partial charge is 0.277 e. The summed E-state index contributed by atoms with van der Waals surface area (Å²) in [6.07, 6.45) is 7.61. The average molecular weight is 546 g/mol. The number of morpholine rings is 1. The lowest BCUT2D eigenvalue weighted by Gasteiger charge is -2.30. The molecule has 3 N–H and O–H groups in total. The molecule has 12 nitrogen and oxygen atoms in total. The Labute approximate surface area is 228 Å². The van der Waals surface area contributed by atoms with Crippen LogP contribution in [0.3, 0.4) is 0 Å². The quantitative estimate of drug-likeness (QED) is 0.251. The number of hydroxylamine groups is 1. The molecule has 3 aliphatic heterocycles. The predicted molar refractivity (Wildman–Crippen MR) is 145 cm³/mol. The van der Waals surface area contributed by atoms with Crippen molar-refractivity contribution in [2.75, 3.05) is 42.6 Å². The summed E-state index contributed by atoms with van der Waals surface area (Å²) >= 11 is 1.85. The van der Waals surface area contributed by atoms with Crippen LogP contribution in [0.4, 0.5) is 11.8 Å². The summed E-state index contributed by atoms with van der Waals surface area (Å²) < 4.78 is 5.63. The minimum atomic E-state index is -0.627. The van der Waals surface area contributed by atoms with Gasteiger partial charge in [0, 0.05) is 60.7 Å². The molecule has 39 heavy (non-hydrogen) atoms. The van der Waals surface area contributed by atoms with E-state index in [0.29, 0.717) is 25.0 Å². The Bertz CT molecular complexity index is 1520. The zero-order valence-corrected chi connectivity index (χ0v) is 21.9. The number of amides is 1. The molecule has 7 rings (SSSR count). The van der Waals surface area contributed by atoms with Crippen molar-refractivity contribution in [1.29, 1.82) is 0 Å². The fraction of sp³-hybridized carbons (Fsp3) is 0.385. The number of carbonyl (C=O) groups is 1.